The van der Waals surface area contributed by atoms with E-state index in [-0.39, 0.29) is 11.8 Å². The molecule has 0 bridgehead atoms. The number of carbonyl (C=O) groups is 1. The Bertz CT molecular complexity index is 525. The first-order chi connectivity index (χ1) is 7.76. The molecule has 16 heavy (non-hydrogen) atoms. The van der Waals surface area contributed by atoms with Gasteiger partial charge in [0.05, 0.1) is 12.8 Å². The lowest BCUT2D eigenvalue weighted by Gasteiger charge is -2.06. The number of aldehydes is 1. The van der Waals surface area contributed by atoms with E-state index in [1.54, 1.807) is 6.07 Å². The molecular weight excluding hydrogens is 213 g/mol. The van der Waals surface area contributed by atoms with Crippen molar-refractivity contribution < 1.29 is 13.9 Å². The number of rotatable bonds is 3. The van der Waals surface area contributed by atoms with E-state index in [2.05, 4.69) is 10.2 Å². The van der Waals surface area contributed by atoms with Crippen LogP contribution in [0.2, 0.25) is 0 Å². The molecule has 82 valence electrons. The third-order valence-electron chi connectivity index (χ3n) is 2.01. The average Bonchev–Trinajstić information content (AvgIpc) is 2.71. The summed E-state index contributed by atoms with van der Waals surface area (Å²) in [5, 5.41) is 7.26. The smallest absolute Gasteiger partial charge is 0.321 e. The van der Waals surface area contributed by atoms with E-state index in [0.29, 0.717) is 12.0 Å². The topological polar surface area (TPSA) is 57.0 Å². The van der Waals surface area contributed by atoms with Gasteiger partial charge in [-0.05, 0) is 18.2 Å². The van der Waals surface area contributed by atoms with E-state index in [0.717, 1.165) is 0 Å². The van der Waals surface area contributed by atoms with Gasteiger partial charge in [-0.1, -0.05) is 11.2 Å². The molecule has 0 saturated carbocycles. The molecule has 0 spiro atoms. The second-order valence-electron chi connectivity index (χ2n) is 2.98. The monoisotopic (exact) mass is 221 g/mol. The van der Waals surface area contributed by atoms with Gasteiger partial charge in [-0.15, -0.1) is 5.10 Å². The lowest BCUT2D eigenvalue weighted by Crippen LogP contribution is -2.02. The highest BCUT2D eigenvalue weighted by Gasteiger charge is 2.13. The van der Waals surface area contributed by atoms with Crippen molar-refractivity contribution in [3.63, 3.8) is 0 Å². The Morgan fingerprint density at radius 3 is 2.88 bits per heavy atom. The quantitative estimate of drug-likeness (QED) is 0.731. The Morgan fingerprint density at radius 2 is 2.25 bits per heavy atom. The summed E-state index contributed by atoms with van der Waals surface area (Å²) in [5.41, 5.74) is 0.434. The summed E-state index contributed by atoms with van der Waals surface area (Å²) in [6.45, 7) is 0. The van der Waals surface area contributed by atoms with Crippen LogP contribution in [-0.4, -0.2) is 28.2 Å². The lowest BCUT2D eigenvalue weighted by atomic mass is 10.3. The van der Waals surface area contributed by atoms with E-state index in [4.69, 9.17) is 4.74 Å². The average molecular weight is 221 g/mol. The fraction of sp³-hybridized carbons (Fsp3) is 0.100. The van der Waals surface area contributed by atoms with Gasteiger partial charge in [0.1, 0.15) is 5.82 Å². The molecule has 0 radical (unpaired) electrons. The van der Waals surface area contributed by atoms with Gasteiger partial charge in [0.25, 0.3) is 0 Å². The van der Waals surface area contributed by atoms with Crippen LogP contribution in [0.15, 0.2) is 24.3 Å². The Hall–Kier alpha value is -2.24. The Kier molecular flexibility index (Phi) is 2.63. The van der Waals surface area contributed by atoms with Crippen LogP contribution in [0.1, 0.15) is 10.6 Å². The summed E-state index contributed by atoms with van der Waals surface area (Å²) < 4.78 is 19.3. The van der Waals surface area contributed by atoms with Gasteiger partial charge >= 0.3 is 6.01 Å². The minimum Gasteiger partial charge on any atom is -0.467 e. The van der Waals surface area contributed by atoms with Gasteiger partial charge in [-0.25, -0.2) is 8.96 Å². The number of benzene rings is 1. The number of hydrogen-bond acceptors (Lipinski definition) is 4. The molecule has 0 aliphatic rings. The summed E-state index contributed by atoms with van der Waals surface area (Å²) in [6, 6.07) is 5.85. The molecule has 0 aliphatic carbocycles. The molecular formula is C10H8FN3O2. The Balaban J connectivity index is 2.61. The fourth-order valence-electron chi connectivity index (χ4n) is 1.35. The van der Waals surface area contributed by atoms with E-state index in [9.17, 15) is 9.18 Å². The molecule has 1 aromatic heterocycles. The summed E-state index contributed by atoms with van der Waals surface area (Å²) in [4.78, 5) is 10.7. The highest BCUT2D eigenvalue weighted by molar-refractivity contribution is 5.71. The molecule has 0 amide bonds. The number of methoxy groups -OCH3 is 1. The van der Waals surface area contributed by atoms with Crippen molar-refractivity contribution in [2.45, 2.75) is 0 Å². The zero-order valence-corrected chi connectivity index (χ0v) is 8.42. The van der Waals surface area contributed by atoms with Crippen molar-refractivity contribution in [2.75, 3.05) is 7.11 Å². The summed E-state index contributed by atoms with van der Waals surface area (Å²) in [7, 11) is 1.40. The highest BCUT2D eigenvalue weighted by Crippen LogP contribution is 2.17. The maximum atomic E-state index is 13.0. The number of aromatic nitrogens is 3. The van der Waals surface area contributed by atoms with Gasteiger partial charge in [0.2, 0.25) is 5.82 Å². The zero-order valence-electron chi connectivity index (χ0n) is 8.42. The maximum absolute atomic E-state index is 13.0. The summed E-state index contributed by atoms with van der Waals surface area (Å²) in [6.07, 6.45) is 0.528. The Labute approximate surface area is 90.5 Å². The van der Waals surface area contributed by atoms with Crippen molar-refractivity contribution in [3.8, 4) is 11.7 Å². The molecule has 6 heteroatoms. The van der Waals surface area contributed by atoms with Crippen molar-refractivity contribution in [2.24, 2.45) is 0 Å². The number of nitrogens with zero attached hydrogens (tertiary/aromatic N) is 3. The third-order valence-corrected chi connectivity index (χ3v) is 2.01. The standard InChI is InChI=1S/C10H8FN3O2/c1-16-10-13-12-9(6-15)14(10)8-4-2-3-7(11)5-8/h2-6H,1H3. The fourth-order valence-corrected chi connectivity index (χ4v) is 1.35. The summed E-state index contributed by atoms with van der Waals surface area (Å²) in [5.74, 6) is -0.354. The van der Waals surface area contributed by atoms with E-state index >= 15 is 0 Å². The normalized spacial score (nSPS) is 10.1. The van der Waals surface area contributed by atoms with Crippen molar-refractivity contribution in [1.29, 1.82) is 0 Å². The molecule has 0 fully saturated rings. The van der Waals surface area contributed by atoms with Crippen LogP contribution in [0, 0.1) is 5.82 Å². The van der Waals surface area contributed by atoms with Gasteiger partial charge in [-0.3, -0.25) is 4.79 Å². The molecule has 5 nitrogen and oxygen atoms in total. The maximum Gasteiger partial charge on any atom is 0.321 e. The largest absolute Gasteiger partial charge is 0.467 e. The van der Waals surface area contributed by atoms with Gasteiger partial charge in [0.15, 0.2) is 6.29 Å². The van der Waals surface area contributed by atoms with Crippen LogP contribution in [0.25, 0.3) is 5.69 Å². The van der Waals surface area contributed by atoms with Crippen molar-refractivity contribution >= 4 is 6.29 Å². The van der Waals surface area contributed by atoms with E-state index < -0.39 is 5.82 Å². The number of ether oxygens (including phenoxy) is 1. The van der Waals surface area contributed by atoms with Crippen LogP contribution < -0.4 is 4.74 Å². The van der Waals surface area contributed by atoms with Crippen molar-refractivity contribution in [3.05, 3.63) is 35.9 Å². The minimum absolute atomic E-state index is 0.0578. The molecule has 0 aliphatic heterocycles. The molecule has 2 aromatic rings. The first-order valence-electron chi connectivity index (χ1n) is 4.47. The molecule has 0 saturated heterocycles. The van der Waals surface area contributed by atoms with Crippen LogP contribution in [0.5, 0.6) is 6.01 Å². The predicted molar refractivity (Wildman–Crippen MR) is 53.3 cm³/mol. The van der Waals surface area contributed by atoms with Crippen LogP contribution in [0.3, 0.4) is 0 Å². The second kappa shape index (κ2) is 4.09. The molecule has 0 atom stereocenters. The second-order valence-corrected chi connectivity index (χ2v) is 2.98. The van der Waals surface area contributed by atoms with Crippen molar-refractivity contribution in [1.82, 2.24) is 14.8 Å². The minimum atomic E-state index is -0.412. The summed E-state index contributed by atoms with van der Waals surface area (Å²) >= 11 is 0. The molecule has 1 aromatic carbocycles. The first-order valence-corrected chi connectivity index (χ1v) is 4.47. The van der Waals surface area contributed by atoms with Gasteiger partial charge in [0, 0.05) is 0 Å². The predicted octanol–water partition coefficient (Wildman–Crippen LogP) is 1.23. The zero-order chi connectivity index (χ0) is 11.5. The number of carbonyl (C=O) groups excluding carboxylic acids is 1. The first kappa shape index (κ1) is 10.3. The van der Waals surface area contributed by atoms with Crippen LogP contribution >= 0.6 is 0 Å². The number of hydrogen-bond donors (Lipinski definition) is 0. The molecule has 0 unspecified atom stereocenters. The van der Waals surface area contributed by atoms with Gasteiger partial charge in [-0.2, -0.15) is 0 Å². The Morgan fingerprint density at radius 1 is 1.44 bits per heavy atom. The molecule has 0 N–H and O–H groups in total. The highest BCUT2D eigenvalue weighted by atomic mass is 19.1. The lowest BCUT2D eigenvalue weighted by molar-refractivity contribution is 0.111. The van der Waals surface area contributed by atoms with Crippen LogP contribution in [0.4, 0.5) is 4.39 Å². The van der Waals surface area contributed by atoms with E-state index in [1.165, 1.54) is 29.9 Å². The molecule has 2 rings (SSSR count). The third kappa shape index (κ3) is 1.65. The molecule has 1 heterocycles. The number of halogens is 1. The SMILES string of the molecule is COc1nnc(C=O)n1-c1cccc(F)c1. The van der Waals surface area contributed by atoms with Gasteiger partial charge < -0.3 is 4.74 Å². The van der Waals surface area contributed by atoms with Crippen LogP contribution in [-0.2, 0) is 0 Å². The van der Waals surface area contributed by atoms with E-state index in [1.807, 2.05) is 0 Å².